The lowest BCUT2D eigenvalue weighted by Crippen LogP contribution is -2.05. The molecule has 19 heavy (non-hydrogen) atoms. The van der Waals surface area contributed by atoms with Gasteiger partial charge in [-0.2, -0.15) is 0 Å². The summed E-state index contributed by atoms with van der Waals surface area (Å²) in [5.74, 6) is -0.0797. The van der Waals surface area contributed by atoms with E-state index in [-0.39, 0.29) is 5.97 Å². The molecular weight excluding hydrogens is 353 g/mol. The molecule has 1 N–H and O–H groups in total. The summed E-state index contributed by atoms with van der Waals surface area (Å²) in [5, 5.41) is 3.45. The van der Waals surface area contributed by atoms with E-state index in [0.717, 1.165) is 25.8 Å². The molecule has 106 valence electrons. The molecule has 0 aliphatic carbocycles. The van der Waals surface area contributed by atoms with E-state index in [4.69, 9.17) is 4.74 Å². The van der Waals surface area contributed by atoms with Crippen molar-refractivity contribution >= 4 is 34.2 Å². The molecule has 0 amide bonds. The van der Waals surface area contributed by atoms with E-state index in [1.807, 2.05) is 6.92 Å². The fourth-order valence-electron chi connectivity index (χ4n) is 1.81. The van der Waals surface area contributed by atoms with Gasteiger partial charge in [-0.25, -0.2) is 0 Å². The number of halogens is 1. The lowest BCUT2D eigenvalue weighted by molar-refractivity contribution is -0.143. The summed E-state index contributed by atoms with van der Waals surface area (Å²) in [7, 11) is 0. The number of carbonyl (C=O) groups is 1. The summed E-state index contributed by atoms with van der Waals surface area (Å²) < 4.78 is 6.13. The molecule has 0 heterocycles. The largest absolute Gasteiger partial charge is 0.466 e. The van der Waals surface area contributed by atoms with E-state index in [2.05, 4.69) is 53.0 Å². The minimum Gasteiger partial charge on any atom is -0.466 e. The van der Waals surface area contributed by atoms with Crippen molar-refractivity contribution in [2.45, 2.75) is 39.5 Å². The van der Waals surface area contributed by atoms with Crippen LogP contribution in [-0.2, 0) is 9.53 Å². The summed E-state index contributed by atoms with van der Waals surface area (Å²) in [4.78, 5) is 11.1. The molecule has 0 aliphatic heterocycles. The van der Waals surface area contributed by atoms with Gasteiger partial charge in [0, 0.05) is 22.2 Å². The van der Waals surface area contributed by atoms with Crippen LogP contribution in [-0.4, -0.2) is 19.1 Å². The molecule has 0 unspecified atom stereocenters. The maximum Gasteiger partial charge on any atom is 0.305 e. The van der Waals surface area contributed by atoms with E-state index in [9.17, 15) is 4.79 Å². The Labute approximate surface area is 129 Å². The fourth-order valence-corrected chi connectivity index (χ4v) is 2.30. The van der Waals surface area contributed by atoms with Gasteiger partial charge in [0.2, 0.25) is 0 Å². The number of carbonyl (C=O) groups excluding carboxylic acids is 1. The lowest BCUT2D eigenvalue weighted by atomic mass is 10.1. The highest BCUT2D eigenvalue weighted by molar-refractivity contribution is 14.1. The summed E-state index contributed by atoms with van der Waals surface area (Å²) in [6, 6.07) is 6.40. The highest BCUT2D eigenvalue weighted by atomic mass is 127. The Bertz CT molecular complexity index is 407. The molecule has 0 aliphatic rings. The molecule has 1 rings (SSSR count). The van der Waals surface area contributed by atoms with Crippen molar-refractivity contribution in [3.8, 4) is 0 Å². The molecule has 0 spiro atoms. The smallest absolute Gasteiger partial charge is 0.305 e. The first-order valence-corrected chi connectivity index (χ1v) is 7.87. The average molecular weight is 375 g/mol. The van der Waals surface area contributed by atoms with Gasteiger partial charge in [0.1, 0.15) is 0 Å². The molecule has 0 aromatic heterocycles. The maximum absolute atomic E-state index is 11.1. The zero-order chi connectivity index (χ0) is 14.1. The van der Waals surface area contributed by atoms with E-state index in [1.165, 1.54) is 14.8 Å². The molecular formula is C15H22INO2. The first-order valence-electron chi connectivity index (χ1n) is 6.79. The standard InChI is InChI=1S/C15H22INO2/c1-3-19-15(18)7-5-4-6-10-17-14-11-13(16)9-8-12(14)2/h8-9,11,17H,3-7,10H2,1-2H3. The van der Waals surface area contributed by atoms with Crippen LogP contribution in [0.3, 0.4) is 0 Å². The third-order valence-corrected chi connectivity index (χ3v) is 3.55. The SMILES string of the molecule is CCOC(=O)CCCCCNc1cc(I)ccc1C. The quantitative estimate of drug-likeness (QED) is 0.422. The second kappa shape index (κ2) is 9.18. The van der Waals surface area contributed by atoms with Crippen LogP contribution < -0.4 is 5.32 Å². The number of nitrogens with one attached hydrogen (secondary N) is 1. The van der Waals surface area contributed by atoms with Crippen molar-refractivity contribution in [2.24, 2.45) is 0 Å². The molecule has 4 heteroatoms. The van der Waals surface area contributed by atoms with Crippen molar-refractivity contribution in [1.29, 1.82) is 0 Å². The van der Waals surface area contributed by atoms with Crippen LogP contribution in [0.25, 0.3) is 0 Å². The van der Waals surface area contributed by atoms with Crippen LogP contribution in [0.15, 0.2) is 18.2 Å². The molecule has 0 saturated heterocycles. The number of hydrogen-bond donors (Lipinski definition) is 1. The van der Waals surface area contributed by atoms with Crippen molar-refractivity contribution in [3.05, 3.63) is 27.3 Å². The molecule has 1 aromatic carbocycles. The molecule has 0 radical (unpaired) electrons. The summed E-state index contributed by atoms with van der Waals surface area (Å²) in [5.41, 5.74) is 2.48. The predicted octanol–water partition coefficient (Wildman–Crippen LogP) is 4.14. The number of ether oxygens (including phenoxy) is 1. The van der Waals surface area contributed by atoms with Gasteiger partial charge >= 0.3 is 5.97 Å². The van der Waals surface area contributed by atoms with Gasteiger partial charge in [0.15, 0.2) is 0 Å². The van der Waals surface area contributed by atoms with Crippen molar-refractivity contribution < 1.29 is 9.53 Å². The Hall–Kier alpha value is -0.780. The Kier molecular flexibility index (Phi) is 7.86. The number of rotatable bonds is 8. The first-order chi connectivity index (χ1) is 9.13. The lowest BCUT2D eigenvalue weighted by Gasteiger charge is -2.09. The number of anilines is 1. The minimum absolute atomic E-state index is 0.0797. The number of hydrogen-bond acceptors (Lipinski definition) is 3. The van der Waals surface area contributed by atoms with Gasteiger partial charge < -0.3 is 10.1 Å². The Morgan fingerprint density at radius 2 is 2.11 bits per heavy atom. The maximum atomic E-state index is 11.1. The van der Waals surface area contributed by atoms with Gasteiger partial charge in [0.05, 0.1) is 6.61 Å². The van der Waals surface area contributed by atoms with Crippen molar-refractivity contribution in [2.75, 3.05) is 18.5 Å². The average Bonchev–Trinajstić information content (AvgIpc) is 2.38. The Morgan fingerprint density at radius 3 is 2.84 bits per heavy atom. The highest BCUT2D eigenvalue weighted by Crippen LogP contribution is 2.18. The fraction of sp³-hybridized carbons (Fsp3) is 0.533. The third-order valence-electron chi connectivity index (χ3n) is 2.88. The predicted molar refractivity (Wildman–Crippen MR) is 87.5 cm³/mol. The molecule has 0 atom stereocenters. The molecule has 3 nitrogen and oxygen atoms in total. The van der Waals surface area contributed by atoms with Crippen LogP contribution in [0.1, 0.15) is 38.2 Å². The molecule has 0 fully saturated rings. The zero-order valence-electron chi connectivity index (χ0n) is 11.7. The topological polar surface area (TPSA) is 38.3 Å². The van der Waals surface area contributed by atoms with Crippen LogP contribution in [0.4, 0.5) is 5.69 Å². The van der Waals surface area contributed by atoms with Gasteiger partial charge in [-0.05, 0) is 67.0 Å². The zero-order valence-corrected chi connectivity index (χ0v) is 13.8. The van der Waals surface area contributed by atoms with E-state index < -0.39 is 0 Å². The summed E-state index contributed by atoms with van der Waals surface area (Å²) >= 11 is 2.32. The summed E-state index contributed by atoms with van der Waals surface area (Å²) in [6.45, 7) is 5.38. The Morgan fingerprint density at radius 1 is 1.32 bits per heavy atom. The van der Waals surface area contributed by atoms with Crippen LogP contribution >= 0.6 is 22.6 Å². The van der Waals surface area contributed by atoms with Crippen molar-refractivity contribution in [3.63, 3.8) is 0 Å². The first kappa shape index (κ1) is 16.3. The van der Waals surface area contributed by atoms with Crippen LogP contribution in [0, 0.1) is 10.5 Å². The molecule has 0 saturated carbocycles. The second-order valence-corrected chi connectivity index (χ2v) is 5.75. The van der Waals surface area contributed by atoms with E-state index >= 15 is 0 Å². The normalized spacial score (nSPS) is 10.3. The van der Waals surface area contributed by atoms with Gasteiger partial charge in [-0.3, -0.25) is 4.79 Å². The molecule has 1 aromatic rings. The highest BCUT2D eigenvalue weighted by Gasteiger charge is 2.01. The molecule has 0 bridgehead atoms. The second-order valence-electron chi connectivity index (χ2n) is 4.50. The number of esters is 1. The van der Waals surface area contributed by atoms with Gasteiger partial charge in [0.25, 0.3) is 0 Å². The van der Waals surface area contributed by atoms with Crippen molar-refractivity contribution in [1.82, 2.24) is 0 Å². The van der Waals surface area contributed by atoms with Crippen LogP contribution in [0.2, 0.25) is 0 Å². The summed E-state index contributed by atoms with van der Waals surface area (Å²) in [6.07, 6.45) is 3.57. The van der Waals surface area contributed by atoms with Gasteiger partial charge in [-0.1, -0.05) is 12.5 Å². The van der Waals surface area contributed by atoms with Gasteiger partial charge in [-0.15, -0.1) is 0 Å². The van der Waals surface area contributed by atoms with E-state index in [1.54, 1.807) is 0 Å². The number of benzene rings is 1. The van der Waals surface area contributed by atoms with Crippen LogP contribution in [0.5, 0.6) is 0 Å². The monoisotopic (exact) mass is 375 g/mol. The number of aryl methyl sites for hydroxylation is 1. The van der Waals surface area contributed by atoms with E-state index in [0.29, 0.717) is 13.0 Å². The number of unbranched alkanes of at least 4 members (excludes halogenated alkanes) is 2. The Balaban J connectivity index is 2.14. The minimum atomic E-state index is -0.0797. The third kappa shape index (κ3) is 6.80.